The molecule has 0 amide bonds. The van der Waals surface area contributed by atoms with Crippen LogP contribution in [0, 0.1) is 0 Å². The summed E-state index contributed by atoms with van der Waals surface area (Å²) in [5.74, 6) is 1.51. The van der Waals surface area contributed by atoms with Gasteiger partial charge in [0.05, 0.1) is 12.6 Å². The Balaban J connectivity index is 1.82. The number of oxazole rings is 1. The first-order valence-corrected chi connectivity index (χ1v) is 5.81. The van der Waals surface area contributed by atoms with Gasteiger partial charge in [-0.1, -0.05) is 36.4 Å². The van der Waals surface area contributed by atoms with Crippen LogP contribution in [0.3, 0.4) is 0 Å². The second-order valence-electron chi connectivity index (χ2n) is 4.02. The summed E-state index contributed by atoms with van der Waals surface area (Å²) in [6, 6.07) is 13.9. The Morgan fingerprint density at radius 1 is 0.944 bits per heavy atom. The third kappa shape index (κ3) is 2.30. The molecule has 3 rings (SSSR count). The summed E-state index contributed by atoms with van der Waals surface area (Å²) in [5.41, 5.74) is 2.14. The third-order valence-electron chi connectivity index (χ3n) is 2.69. The number of hydrogen-bond acceptors (Lipinski definition) is 3. The molecule has 0 saturated carbocycles. The van der Waals surface area contributed by atoms with E-state index in [4.69, 9.17) is 4.42 Å². The molecule has 0 spiro atoms. The van der Waals surface area contributed by atoms with E-state index in [0.29, 0.717) is 12.3 Å². The first kappa shape index (κ1) is 10.7. The molecule has 88 valence electrons. The van der Waals surface area contributed by atoms with E-state index in [9.17, 15) is 0 Å². The van der Waals surface area contributed by atoms with E-state index in [1.54, 1.807) is 12.4 Å². The lowest BCUT2D eigenvalue weighted by atomic mass is 10.2. The molecule has 0 aliphatic carbocycles. The van der Waals surface area contributed by atoms with Gasteiger partial charge in [-0.05, 0) is 11.6 Å². The molecule has 0 bridgehead atoms. The lowest BCUT2D eigenvalue weighted by molar-refractivity contribution is 0.519. The maximum Gasteiger partial charge on any atom is 0.199 e. The molecular formula is C15H12N2O. The maximum absolute atomic E-state index is 5.73. The fraction of sp³-hybridized carbons (Fsp3) is 0.0667. The van der Waals surface area contributed by atoms with Crippen molar-refractivity contribution in [1.82, 2.24) is 9.97 Å². The number of hydrogen-bond donors (Lipinski definition) is 0. The van der Waals surface area contributed by atoms with E-state index in [-0.39, 0.29) is 0 Å². The van der Waals surface area contributed by atoms with E-state index < -0.39 is 0 Å². The van der Waals surface area contributed by atoms with Crippen molar-refractivity contribution in [2.24, 2.45) is 0 Å². The average Bonchev–Trinajstić information content (AvgIpc) is 2.89. The molecule has 2 aromatic heterocycles. The standard InChI is InChI=1S/C15H12N2O/c1-2-6-13(7-3-1)14-11-17-15(18-14)9-12-5-4-8-16-10-12/h1-8,10-11H,9H2. The second-order valence-corrected chi connectivity index (χ2v) is 4.02. The number of pyridine rings is 1. The smallest absolute Gasteiger partial charge is 0.199 e. The van der Waals surface area contributed by atoms with Crippen molar-refractivity contribution in [1.29, 1.82) is 0 Å². The number of aromatic nitrogens is 2. The van der Waals surface area contributed by atoms with Gasteiger partial charge in [-0.3, -0.25) is 4.98 Å². The number of rotatable bonds is 3. The Bertz CT molecular complexity index is 617. The van der Waals surface area contributed by atoms with Crippen LogP contribution in [0.5, 0.6) is 0 Å². The minimum Gasteiger partial charge on any atom is -0.440 e. The predicted molar refractivity (Wildman–Crippen MR) is 69.0 cm³/mol. The van der Waals surface area contributed by atoms with Crippen molar-refractivity contribution in [3.63, 3.8) is 0 Å². The molecule has 0 unspecified atom stereocenters. The van der Waals surface area contributed by atoms with E-state index in [2.05, 4.69) is 9.97 Å². The van der Waals surface area contributed by atoms with Gasteiger partial charge in [0.1, 0.15) is 0 Å². The third-order valence-corrected chi connectivity index (χ3v) is 2.69. The molecule has 0 aliphatic heterocycles. The average molecular weight is 236 g/mol. The summed E-state index contributed by atoms with van der Waals surface area (Å²) in [5, 5.41) is 0. The molecule has 0 radical (unpaired) electrons. The van der Waals surface area contributed by atoms with Crippen LogP contribution in [0.15, 0.2) is 65.5 Å². The van der Waals surface area contributed by atoms with E-state index in [1.165, 1.54) is 0 Å². The van der Waals surface area contributed by atoms with Gasteiger partial charge in [0.25, 0.3) is 0 Å². The molecule has 1 aromatic carbocycles. The normalized spacial score (nSPS) is 10.4. The van der Waals surface area contributed by atoms with Gasteiger partial charge in [0.15, 0.2) is 11.7 Å². The molecule has 0 fully saturated rings. The molecule has 0 aliphatic rings. The zero-order valence-electron chi connectivity index (χ0n) is 9.78. The van der Waals surface area contributed by atoms with Gasteiger partial charge in [-0.25, -0.2) is 4.98 Å². The number of benzene rings is 1. The summed E-state index contributed by atoms with van der Waals surface area (Å²) in [6.07, 6.45) is 6.02. The zero-order chi connectivity index (χ0) is 12.2. The molecule has 3 aromatic rings. The van der Waals surface area contributed by atoms with Gasteiger partial charge in [0.2, 0.25) is 0 Å². The highest BCUT2D eigenvalue weighted by Crippen LogP contribution is 2.20. The Labute approximate surface area is 105 Å². The Kier molecular flexibility index (Phi) is 2.88. The molecular weight excluding hydrogens is 224 g/mol. The molecule has 0 saturated heterocycles. The summed E-state index contributed by atoms with van der Waals surface area (Å²) >= 11 is 0. The summed E-state index contributed by atoms with van der Waals surface area (Å²) in [4.78, 5) is 8.37. The molecule has 3 nitrogen and oxygen atoms in total. The predicted octanol–water partition coefficient (Wildman–Crippen LogP) is 3.33. The Morgan fingerprint density at radius 3 is 2.61 bits per heavy atom. The SMILES string of the molecule is c1ccc(-c2cnc(Cc3cccnc3)o2)cc1. The minimum absolute atomic E-state index is 0.667. The van der Waals surface area contributed by atoms with Crippen LogP contribution in [0.2, 0.25) is 0 Å². The summed E-state index contributed by atoms with van der Waals surface area (Å²) in [7, 11) is 0. The lowest BCUT2D eigenvalue weighted by Gasteiger charge is -1.96. The van der Waals surface area contributed by atoms with Crippen molar-refractivity contribution in [3.05, 3.63) is 72.5 Å². The fourth-order valence-corrected chi connectivity index (χ4v) is 1.81. The Hall–Kier alpha value is -2.42. The largest absolute Gasteiger partial charge is 0.440 e. The van der Waals surface area contributed by atoms with Gasteiger partial charge in [-0.15, -0.1) is 0 Å². The van der Waals surface area contributed by atoms with Crippen molar-refractivity contribution < 1.29 is 4.42 Å². The number of nitrogens with zero attached hydrogens (tertiary/aromatic N) is 2. The van der Waals surface area contributed by atoms with Crippen LogP contribution in [-0.4, -0.2) is 9.97 Å². The molecule has 2 heterocycles. The van der Waals surface area contributed by atoms with Crippen molar-refractivity contribution in [2.45, 2.75) is 6.42 Å². The van der Waals surface area contributed by atoms with Crippen molar-refractivity contribution in [3.8, 4) is 11.3 Å². The van der Waals surface area contributed by atoms with E-state index >= 15 is 0 Å². The van der Waals surface area contributed by atoms with Crippen molar-refractivity contribution in [2.75, 3.05) is 0 Å². The lowest BCUT2D eigenvalue weighted by Crippen LogP contribution is -1.87. The van der Waals surface area contributed by atoms with Crippen LogP contribution in [-0.2, 0) is 6.42 Å². The highest BCUT2D eigenvalue weighted by atomic mass is 16.4. The highest BCUT2D eigenvalue weighted by molar-refractivity contribution is 5.55. The second kappa shape index (κ2) is 4.84. The molecule has 18 heavy (non-hydrogen) atoms. The Morgan fingerprint density at radius 2 is 1.83 bits per heavy atom. The summed E-state index contributed by atoms with van der Waals surface area (Å²) in [6.45, 7) is 0. The van der Waals surface area contributed by atoms with Crippen LogP contribution in [0.1, 0.15) is 11.5 Å². The molecule has 0 atom stereocenters. The van der Waals surface area contributed by atoms with Crippen LogP contribution in [0.4, 0.5) is 0 Å². The molecule has 0 N–H and O–H groups in total. The van der Waals surface area contributed by atoms with Crippen LogP contribution >= 0.6 is 0 Å². The summed E-state index contributed by atoms with van der Waals surface area (Å²) < 4.78 is 5.73. The molecule has 3 heteroatoms. The maximum atomic E-state index is 5.73. The fourth-order valence-electron chi connectivity index (χ4n) is 1.81. The first-order valence-electron chi connectivity index (χ1n) is 5.81. The quantitative estimate of drug-likeness (QED) is 0.700. The highest BCUT2D eigenvalue weighted by Gasteiger charge is 2.06. The zero-order valence-corrected chi connectivity index (χ0v) is 9.78. The van der Waals surface area contributed by atoms with E-state index in [1.807, 2.05) is 48.7 Å². The topological polar surface area (TPSA) is 38.9 Å². The van der Waals surface area contributed by atoms with Crippen LogP contribution < -0.4 is 0 Å². The van der Waals surface area contributed by atoms with Crippen LogP contribution in [0.25, 0.3) is 11.3 Å². The minimum atomic E-state index is 0.667. The van der Waals surface area contributed by atoms with Gasteiger partial charge in [0, 0.05) is 18.0 Å². The van der Waals surface area contributed by atoms with E-state index in [0.717, 1.165) is 16.9 Å². The van der Waals surface area contributed by atoms with Gasteiger partial charge >= 0.3 is 0 Å². The van der Waals surface area contributed by atoms with Gasteiger partial charge in [-0.2, -0.15) is 0 Å². The monoisotopic (exact) mass is 236 g/mol. The van der Waals surface area contributed by atoms with Gasteiger partial charge < -0.3 is 4.42 Å². The first-order chi connectivity index (χ1) is 8.92. The van der Waals surface area contributed by atoms with Crippen molar-refractivity contribution >= 4 is 0 Å².